The van der Waals surface area contributed by atoms with Crippen LogP contribution in [-0.2, 0) is 9.47 Å². The Morgan fingerprint density at radius 3 is 3.10 bits per heavy atom. The van der Waals surface area contributed by atoms with E-state index in [1.165, 1.54) is 5.56 Å². The fraction of sp³-hybridized carbons (Fsp3) is 0.706. The highest BCUT2D eigenvalue weighted by atomic mass is 16.6. The normalized spacial score (nSPS) is 30.7. The van der Waals surface area contributed by atoms with Gasteiger partial charge in [0.2, 0.25) is 0 Å². The summed E-state index contributed by atoms with van der Waals surface area (Å²) in [6.45, 7) is 7.68. The lowest BCUT2D eigenvalue weighted by Crippen LogP contribution is -2.44. The zero-order valence-electron chi connectivity index (χ0n) is 13.1. The molecule has 21 heavy (non-hydrogen) atoms. The molecule has 0 bridgehead atoms. The van der Waals surface area contributed by atoms with Gasteiger partial charge in [-0.3, -0.25) is 4.98 Å². The smallest absolute Gasteiger partial charge is 0.0940 e. The van der Waals surface area contributed by atoms with Crippen molar-refractivity contribution in [2.45, 2.75) is 44.8 Å². The average Bonchev–Trinajstić information content (AvgIpc) is 2.92. The van der Waals surface area contributed by atoms with E-state index >= 15 is 0 Å². The molecule has 0 radical (unpaired) electrons. The molecule has 1 aromatic rings. The van der Waals surface area contributed by atoms with Crippen molar-refractivity contribution in [2.75, 3.05) is 26.4 Å². The highest BCUT2D eigenvalue weighted by Crippen LogP contribution is 2.40. The molecule has 1 aromatic heterocycles. The zero-order valence-corrected chi connectivity index (χ0v) is 13.1. The van der Waals surface area contributed by atoms with Crippen molar-refractivity contribution in [3.05, 3.63) is 29.6 Å². The van der Waals surface area contributed by atoms with E-state index < -0.39 is 0 Å². The number of nitrogens with one attached hydrogen (secondary N) is 1. The van der Waals surface area contributed by atoms with Crippen molar-refractivity contribution in [1.82, 2.24) is 10.3 Å². The van der Waals surface area contributed by atoms with Gasteiger partial charge in [-0.05, 0) is 49.9 Å². The Labute approximate surface area is 127 Å². The molecule has 1 N–H and O–H groups in total. The average molecular weight is 290 g/mol. The molecule has 2 saturated heterocycles. The zero-order chi connectivity index (χ0) is 14.7. The standard InChI is InChI=1S/C17H26N2O2/c1-3-18-16(15-10-13(2)4-7-19-15)14-5-8-21-17(11-14)6-9-20-12-17/h4,7,10,14,16,18H,3,5-6,8-9,11-12H2,1-2H3. The maximum atomic E-state index is 6.07. The van der Waals surface area contributed by atoms with Crippen LogP contribution >= 0.6 is 0 Å². The highest BCUT2D eigenvalue weighted by Gasteiger charge is 2.43. The Morgan fingerprint density at radius 2 is 2.38 bits per heavy atom. The van der Waals surface area contributed by atoms with Crippen LogP contribution in [-0.4, -0.2) is 37.0 Å². The van der Waals surface area contributed by atoms with Crippen molar-refractivity contribution in [3.63, 3.8) is 0 Å². The third-order valence-corrected chi connectivity index (χ3v) is 4.75. The van der Waals surface area contributed by atoms with Gasteiger partial charge in [-0.25, -0.2) is 0 Å². The van der Waals surface area contributed by atoms with Crippen LogP contribution in [0.2, 0.25) is 0 Å². The summed E-state index contributed by atoms with van der Waals surface area (Å²) in [6.07, 6.45) is 5.11. The number of ether oxygens (including phenoxy) is 2. The monoisotopic (exact) mass is 290 g/mol. The topological polar surface area (TPSA) is 43.4 Å². The van der Waals surface area contributed by atoms with Gasteiger partial charge in [-0.2, -0.15) is 0 Å². The van der Waals surface area contributed by atoms with Crippen LogP contribution in [0.1, 0.15) is 43.5 Å². The quantitative estimate of drug-likeness (QED) is 0.926. The second-order valence-electron chi connectivity index (χ2n) is 6.38. The van der Waals surface area contributed by atoms with Crippen LogP contribution in [0.25, 0.3) is 0 Å². The summed E-state index contributed by atoms with van der Waals surface area (Å²) in [6, 6.07) is 4.58. The van der Waals surface area contributed by atoms with Gasteiger partial charge >= 0.3 is 0 Å². The van der Waals surface area contributed by atoms with E-state index in [0.717, 1.165) is 51.3 Å². The van der Waals surface area contributed by atoms with Gasteiger partial charge < -0.3 is 14.8 Å². The molecular weight excluding hydrogens is 264 g/mol. The van der Waals surface area contributed by atoms with Gasteiger partial charge in [0.25, 0.3) is 0 Å². The first-order chi connectivity index (χ1) is 10.2. The summed E-state index contributed by atoms with van der Waals surface area (Å²) in [4.78, 5) is 4.61. The summed E-state index contributed by atoms with van der Waals surface area (Å²) in [7, 11) is 0. The second kappa shape index (κ2) is 6.42. The number of hydrogen-bond donors (Lipinski definition) is 1. The molecular formula is C17H26N2O2. The molecule has 3 heterocycles. The van der Waals surface area contributed by atoms with Crippen molar-refractivity contribution < 1.29 is 9.47 Å². The Hall–Kier alpha value is -0.970. The van der Waals surface area contributed by atoms with E-state index in [1.54, 1.807) is 0 Å². The minimum atomic E-state index is -0.0413. The van der Waals surface area contributed by atoms with Gasteiger partial charge in [0.05, 0.1) is 23.9 Å². The first kappa shape index (κ1) is 14.9. The first-order valence-corrected chi connectivity index (χ1v) is 8.10. The molecule has 1 spiro atoms. The molecule has 0 amide bonds. The molecule has 3 rings (SSSR count). The van der Waals surface area contributed by atoms with E-state index in [4.69, 9.17) is 9.47 Å². The van der Waals surface area contributed by atoms with Crippen LogP contribution in [0.15, 0.2) is 18.3 Å². The molecule has 2 aliphatic rings. The number of hydrogen-bond acceptors (Lipinski definition) is 4. The van der Waals surface area contributed by atoms with Crippen molar-refractivity contribution in [2.24, 2.45) is 5.92 Å². The molecule has 0 aliphatic carbocycles. The molecule has 4 nitrogen and oxygen atoms in total. The van der Waals surface area contributed by atoms with Crippen LogP contribution in [0.5, 0.6) is 0 Å². The molecule has 2 fully saturated rings. The Balaban J connectivity index is 1.80. The van der Waals surface area contributed by atoms with Crippen LogP contribution < -0.4 is 5.32 Å². The lowest BCUT2D eigenvalue weighted by molar-refractivity contribution is -0.103. The fourth-order valence-corrected chi connectivity index (χ4v) is 3.68. The Kier molecular flexibility index (Phi) is 4.57. The molecule has 0 saturated carbocycles. The fourth-order valence-electron chi connectivity index (χ4n) is 3.68. The van der Waals surface area contributed by atoms with E-state index in [0.29, 0.717) is 12.0 Å². The Morgan fingerprint density at radius 1 is 1.48 bits per heavy atom. The summed E-state index contributed by atoms with van der Waals surface area (Å²) in [5, 5.41) is 3.64. The van der Waals surface area contributed by atoms with E-state index in [9.17, 15) is 0 Å². The summed E-state index contributed by atoms with van der Waals surface area (Å²) in [5.41, 5.74) is 2.40. The molecule has 0 aromatic carbocycles. The highest BCUT2D eigenvalue weighted by molar-refractivity contribution is 5.18. The molecule has 4 heteroatoms. The number of aromatic nitrogens is 1. The number of rotatable bonds is 4. The third kappa shape index (κ3) is 3.28. The van der Waals surface area contributed by atoms with Crippen LogP contribution in [0.4, 0.5) is 0 Å². The first-order valence-electron chi connectivity index (χ1n) is 8.10. The van der Waals surface area contributed by atoms with Crippen molar-refractivity contribution in [1.29, 1.82) is 0 Å². The van der Waals surface area contributed by atoms with Crippen molar-refractivity contribution >= 4 is 0 Å². The second-order valence-corrected chi connectivity index (χ2v) is 6.38. The number of nitrogens with zero attached hydrogens (tertiary/aromatic N) is 1. The molecule has 2 aliphatic heterocycles. The maximum absolute atomic E-state index is 6.07. The minimum Gasteiger partial charge on any atom is -0.378 e. The third-order valence-electron chi connectivity index (χ3n) is 4.75. The lowest BCUT2D eigenvalue weighted by atomic mass is 9.80. The summed E-state index contributed by atoms with van der Waals surface area (Å²) < 4.78 is 11.7. The number of aryl methyl sites for hydroxylation is 1. The number of pyridine rings is 1. The van der Waals surface area contributed by atoms with Gasteiger partial charge in [-0.15, -0.1) is 0 Å². The summed E-state index contributed by atoms with van der Waals surface area (Å²) >= 11 is 0. The minimum absolute atomic E-state index is 0.0413. The molecule has 3 atom stereocenters. The van der Waals surface area contributed by atoms with Gasteiger partial charge in [0.1, 0.15) is 0 Å². The van der Waals surface area contributed by atoms with Gasteiger partial charge in [0, 0.05) is 25.8 Å². The van der Waals surface area contributed by atoms with Crippen LogP contribution in [0.3, 0.4) is 0 Å². The maximum Gasteiger partial charge on any atom is 0.0940 e. The predicted octanol–water partition coefficient (Wildman–Crippen LogP) is 2.63. The van der Waals surface area contributed by atoms with E-state index in [2.05, 4.69) is 36.3 Å². The SMILES string of the molecule is CCNC(c1cc(C)ccn1)C1CCOC2(CCOC2)C1. The van der Waals surface area contributed by atoms with Gasteiger partial charge in [0.15, 0.2) is 0 Å². The molecule has 116 valence electrons. The summed E-state index contributed by atoms with van der Waals surface area (Å²) in [5.74, 6) is 0.565. The molecule has 3 unspecified atom stereocenters. The predicted molar refractivity (Wildman–Crippen MR) is 82.2 cm³/mol. The van der Waals surface area contributed by atoms with E-state index in [1.807, 2.05) is 6.20 Å². The van der Waals surface area contributed by atoms with Gasteiger partial charge in [-0.1, -0.05) is 6.92 Å². The van der Waals surface area contributed by atoms with Crippen LogP contribution in [0, 0.1) is 12.8 Å². The Bertz CT molecular complexity index is 472. The largest absolute Gasteiger partial charge is 0.378 e. The van der Waals surface area contributed by atoms with Crippen molar-refractivity contribution in [3.8, 4) is 0 Å². The van der Waals surface area contributed by atoms with E-state index in [-0.39, 0.29) is 5.60 Å². The lowest BCUT2D eigenvalue weighted by Gasteiger charge is -2.40.